The maximum atomic E-state index is 13.3. The standard InChI is InChI=1S/C15H13FN2/c16-11-6-7-14-12(8-11)13(9-17)15(18-14)10-4-2-1-3-5-10/h1-8,18H,9,17H2. The van der Waals surface area contributed by atoms with Crippen molar-refractivity contribution >= 4 is 10.9 Å². The minimum atomic E-state index is -0.240. The molecule has 0 amide bonds. The molecule has 3 aromatic rings. The molecule has 0 atom stereocenters. The van der Waals surface area contributed by atoms with Gasteiger partial charge in [0.15, 0.2) is 0 Å². The molecule has 0 aliphatic heterocycles. The van der Waals surface area contributed by atoms with Gasteiger partial charge in [0, 0.05) is 17.4 Å². The first-order chi connectivity index (χ1) is 8.79. The first kappa shape index (κ1) is 11.0. The first-order valence-electron chi connectivity index (χ1n) is 5.85. The number of nitrogens with one attached hydrogen (secondary N) is 1. The van der Waals surface area contributed by atoms with Crippen molar-refractivity contribution in [1.82, 2.24) is 4.98 Å². The summed E-state index contributed by atoms with van der Waals surface area (Å²) in [5.74, 6) is -0.240. The molecule has 0 fully saturated rings. The molecule has 0 saturated heterocycles. The van der Waals surface area contributed by atoms with Crippen LogP contribution in [0.4, 0.5) is 4.39 Å². The van der Waals surface area contributed by atoms with Crippen molar-refractivity contribution in [2.75, 3.05) is 0 Å². The molecule has 0 aliphatic rings. The number of benzene rings is 2. The average molecular weight is 240 g/mol. The van der Waals surface area contributed by atoms with Gasteiger partial charge in [0.25, 0.3) is 0 Å². The second-order valence-electron chi connectivity index (χ2n) is 4.24. The zero-order valence-electron chi connectivity index (χ0n) is 9.78. The van der Waals surface area contributed by atoms with Gasteiger partial charge in [-0.2, -0.15) is 0 Å². The molecule has 0 bridgehead atoms. The molecule has 0 unspecified atom stereocenters. The Hall–Kier alpha value is -2.13. The van der Waals surface area contributed by atoms with Gasteiger partial charge in [0.05, 0.1) is 5.69 Å². The van der Waals surface area contributed by atoms with E-state index in [4.69, 9.17) is 5.73 Å². The lowest BCUT2D eigenvalue weighted by Crippen LogP contribution is -1.97. The van der Waals surface area contributed by atoms with Crippen molar-refractivity contribution in [3.63, 3.8) is 0 Å². The third-order valence-electron chi connectivity index (χ3n) is 3.13. The van der Waals surface area contributed by atoms with Crippen LogP contribution >= 0.6 is 0 Å². The zero-order valence-corrected chi connectivity index (χ0v) is 9.78. The molecule has 0 aliphatic carbocycles. The zero-order chi connectivity index (χ0) is 12.5. The number of rotatable bonds is 2. The van der Waals surface area contributed by atoms with E-state index in [0.29, 0.717) is 6.54 Å². The molecular formula is C15H13FN2. The van der Waals surface area contributed by atoms with Gasteiger partial charge in [-0.3, -0.25) is 0 Å². The molecule has 2 nitrogen and oxygen atoms in total. The fourth-order valence-corrected chi connectivity index (χ4v) is 2.28. The fraction of sp³-hybridized carbons (Fsp3) is 0.0667. The smallest absolute Gasteiger partial charge is 0.123 e. The molecular weight excluding hydrogens is 227 g/mol. The summed E-state index contributed by atoms with van der Waals surface area (Å²) in [6, 6.07) is 14.7. The minimum Gasteiger partial charge on any atom is -0.354 e. The van der Waals surface area contributed by atoms with Gasteiger partial charge in [0.1, 0.15) is 5.82 Å². The van der Waals surface area contributed by atoms with Crippen LogP contribution < -0.4 is 5.73 Å². The van der Waals surface area contributed by atoms with Gasteiger partial charge >= 0.3 is 0 Å². The minimum absolute atomic E-state index is 0.240. The number of fused-ring (bicyclic) bond motifs is 1. The lowest BCUT2D eigenvalue weighted by atomic mass is 10.1. The second-order valence-corrected chi connectivity index (χ2v) is 4.24. The maximum Gasteiger partial charge on any atom is 0.123 e. The Morgan fingerprint density at radius 1 is 1.06 bits per heavy atom. The van der Waals surface area contributed by atoms with Gasteiger partial charge in [-0.05, 0) is 29.3 Å². The van der Waals surface area contributed by atoms with E-state index in [1.807, 2.05) is 30.3 Å². The Kier molecular flexibility index (Phi) is 2.61. The van der Waals surface area contributed by atoms with Crippen LogP contribution in [0.25, 0.3) is 22.2 Å². The van der Waals surface area contributed by atoms with Crippen LogP contribution in [0.1, 0.15) is 5.56 Å². The molecule has 3 N–H and O–H groups in total. The number of aromatic amines is 1. The Balaban J connectivity index is 2.30. The van der Waals surface area contributed by atoms with Crippen LogP contribution in [-0.4, -0.2) is 4.98 Å². The Morgan fingerprint density at radius 2 is 1.83 bits per heavy atom. The van der Waals surface area contributed by atoms with Crippen molar-refractivity contribution in [2.24, 2.45) is 5.73 Å². The first-order valence-corrected chi connectivity index (χ1v) is 5.85. The van der Waals surface area contributed by atoms with Crippen molar-refractivity contribution in [1.29, 1.82) is 0 Å². The highest BCUT2D eigenvalue weighted by Gasteiger charge is 2.12. The Morgan fingerprint density at radius 3 is 2.56 bits per heavy atom. The summed E-state index contributed by atoms with van der Waals surface area (Å²) >= 11 is 0. The number of nitrogens with two attached hydrogens (primary N) is 1. The van der Waals surface area contributed by atoms with E-state index in [9.17, 15) is 4.39 Å². The molecule has 0 spiro atoms. The molecule has 18 heavy (non-hydrogen) atoms. The summed E-state index contributed by atoms with van der Waals surface area (Å²) in [4.78, 5) is 3.31. The monoisotopic (exact) mass is 240 g/mol. The molecule has 1 aromatic heterocycles. The number of hydrogen-bond donors (Lipinski definition) is 2. The van der Waals surface area contributed by atoms with E-state index in [2.05, 4.69) is 4.98 Å². The summed E-state index contributed by atoms with van der Waals surface area (Å²) in [5.41, 5.74) is 9.71. The topological polar surface area (TPSA) is 41.8 Å². The average Bonchev–Trinajstić information content (AvgIpc) is 2.77. The molecule has 0 saturated carbocycles. The summed E-state index contributed by atoms with van der Waals surface area (Å²) in [6.07, 6.45) is 0. The molecule has 1 heterocycles. The highest BCUT2D eigenvalue weighted by Crippen LogP contribution is 2.30. The summed E-state index contributed by atoms with van der Waals surface area (Å²) in [5, 5.41) is 0.858. The molecule has 0 radical (unpaired) electrons. The number of H-pyrrole nitrogens is 1. The van der Waals surface area contributed by atoms with Gasteiger partial charge in [0.2, 0.25) is 0 Å². The lowest BCUT2D eigenvalue weighted by Gasteiger charge is -2.01. The van der Waals surface area contributed by atoms with Crippen LogP contribution in [0.3, 0.4) is 0 Å². The van der Waals surface area contributed by atoms with Crippen molar-refractivity contribution in [3.05, 3.63) is 59.9 Å². The van der Waals surface area contributed by atoms with E-state index < -0.39 is 0 Å². The number of halogens is 1. The highest BCUT2D eigenvalue weighted by molar-refractivity contribution is 5.90. The van der Waals surface area contributed by atoms with E-state index in [0.717, 1.165) is 27.7 Å². The highest BCUT2D eigenvalue weighted by atomic mass is 19.1. The number of hydrogen-bond acceptors (Lipinski definition) is 1. The quantitative estimate of drug-likeness (QED) is 0.708. The molecule has 2 aromatic carbocycles. The molecule has 3 rings (SSSR count). The van der Waals surface area contributed by atoms with Crippen molar-refractivity contribution in [2.45, 2.75) is 6.54 Å². The molecule has 90 valence electrons. The summed E-state index contributed by atoms with van der Waals surface area (Å²) in [7, 11) is 0. The van der Waals surface area contributed by atoms with Crippen LogP contribution in [0.15, 0.2) is 48.5 Å². The predicted molar refractivity (Wildman–Crippen MR) is 71.6 cm³/mol. The summed E-state index contributed by atoms with van der Waals surface area (Å²) in [6.45, 7) is 0.383. The van der Waals surface area contributed by atoms with Crippen LogP contribution in [0.2, 0.25) is 0 Å². The van der Waals surface area contributed by atoms with E-state index in [-0.39, 0.29) is 5.82 Å². The number of aromatic nitrogens is 1. The lowest BCUT2D eigenvalue weighted by molar-refractivity contribution is 0.629. The fourth-order valence-electron chi connectivity index (χ4n) is 2.28. The largest absolute Gasteiger partial charge is 0.354 e. The van der Waals surface area contributed by atoms with Gasteiger partial charge in [-0.25, -0.2) is 4.39 Å². The van der Waals surface area contributed by atoms with E-state index in [1.54, 1.807) is 6.07 Å². The molecule has 3 heteroatoms. The van der Waals surface area contributed by atoms with Gasteiger partial charge in [-0.1, -0.05) is 30.3 Å². The Bertz CT molecular complexity index is 686. The van der Waals surface area contributed by atoms with Gasteiger partial charge < -0.3 is 10.7 Å². The second kappa shape index (κ2) is 4.27. The van der Waals surface area contributed by atoms with Crippen LogP contribution in [-0.2, 0) is 6.54 Å². The van der Waals surface area contributed by atoms with Crippen LogP contribution in [0.5, 0.6) is 0 Å². The van der Waals surface area contributed by atoms with Gasteiger partial charge in [-0.15, -0.1) is 0 Å². The van der Waals surface area contributed by atoms with E-state index >= 15 is 0 Å². The normalized spacial score (nSPS) is 11.0. The summed E-state index contributed by atoms with van der Waals surface area (Å²) < 4.78 is 13.3. The Labute approximate surface area is 104 Å². The van der Waals surface area contributed by atoms with Crippen LogP contribution in [0, 0.1) is 5.82 Å². The van der Waals surface area contributed by atoms with Crippen molar-refractivity contribution < 1.29 is 4.39 Å². The van der Waals surface area contributed by atoms with E-state index in [1.165, 1.54) is 12.1 Å². The third-order valence-corrected chi connectivity index (χ3v) is 3.13. The maximum absolute atomic E-state index is 13.3. The third kappa shape index (κ3) is 1.69. The van der Waals surface area contributed by atoms with Crippen molar-refractivity contribution in [3.8, 4) is 11.3 Å². The SMILES string of the molecule is NCc1c(-c2ccccc2)[nH]c2ccc(F)cc12. The predicted octanol–water partition coefficient (Wildman–Crippen LogP) is 3.43.